The lowest BCUT2D eigenvalue weighted by Gasteiger charge is -2.10. The molecule has 0 unspecified atom stereocenters. The number of aromatic nitrogens is 1. The number of rotatable bonds is 8. The molecule has 8 heteroatoms. The SMILES string of the molecule is COc1ccc(Nc2nc(C(=O)NCCN(C)C)cs2)c(OC)c1. The molecule has 1 aromatic carbocycles. The lowest BCUT2D eigenvalue weighted by molar-refractivity contribution is 0.0947. The van der Waals surface area contributed by atoms with E-state index in [0.717, 1.165) is 12.2 Å². The average Bonchev–Trinajstić information content (AvgIpc) is 3.03. The largest absolute Gasteiger partial charge is 0.497 e. The Kier molecular flexibility index (Phi) is 6.39. The van der Waals surface area contributed by atoms with Gasteiger partial charge in [-0.05, 0) is 26.2 Å². The van der Waals surface area contributed by atoms with Crippen molar-refractivity contribution in [1.29, 1.82) is 0 Å². The van der Waals surface area contributed by atoms with Crippen LogP contribution in [0.15, 0.2) is 23.6 Å². The summed E-state index contributed by atoms with van der Waals surface area (Å²) in [6, 6.07) is 5.45. The molecule has 1 amide bonds. The van der Waals surface area contributed by atoms with Crippen molar-refractivity contribution in [3.8, 4) is 11.5 Å². The number of carbonyl (C=O) groups is 1. The van der Waals surface area contributed by atoms with Crippen LogP contribution >= 0.6 is 11.3 Å². The van der Waals surface area contributed by atoms with Crippen LogP contribution in [0.25, 0.3) is 0 Å². The quantitative estimate of drug-likeness (QED) is 0.760. The van der Waals surface area contributed by atoms with Crippen molar-refractivity contribution < 1.29 is 14.3 Å². The van der Waals surface area contributed by atoms with Crippen LogP contribution in [0.2, 0.25) is 0 Å². The van der Waals surface area contributed by atoms with Crippen LogP contribution in [0.1, 0.15) is 10.5 Å². The second-order valence-corrected chi connectivity index (χ2v) is 6.15. The summed E-state index contributed by atoms with van der Waals surface area (Å²) >= 11 is 1.36. The summed E-state index contributed by atoms with van der Waals surface area (Å²) in [5, 5.41) is 8.35. The Morgan fingerprint density at radius 3 is 2.75 bits per heavy atom. The van der Waals surface area contributed by atoms with Crippen LogP contribution < -0.4 is 20.1 Å². The zero-order chi connectivity index (χ0) is 17.5. The van der Waals surface area contributed by atoms with Crippen molar-refractivity contribution >= 4 is 28.1 Å². The maximum atomic E-state index is 12.0. The number of hydrogen-bond donors (Lipinski definition) is 2. The number of nitrogens with zero attached hydrogens (tertiary/aromatic N) is 2. The Labute approximate surface area is 145 Å². The first-order valence-corrected chi connectivity index (χ1v) is 8.29. The van der Waals surface area contributed by atoms with Crippen molar-refractivity contribution in [2.45, 2.75) is 0 Å². The molecule has 2 rings (SSSR count). The molecule has 1 aromatic heterocycles. The third-order valence-electron chi connectivity index (χ3n) is 3.23. The lowest BCUT2D eigenvalue weighted by atomic mass is 10.3. The molecule has 7 nitrogen and oxygen atoms in total. The number of likely N-dealkylation sites (N-methyl/N-ethyl adjacent to an activating group) is 1. The van der Waals surface area contributed by atoms with Gasteiger partial charge < -0.3 is 25.0 Å². The predicted octanol–water partition coefficient (Wildman–Crippen LogP) is 2.20. The van der Waals surface area contributed by atoms with Crippen LogP contribution in [0, 0.1) is 0 Å². The summed E-state index contributed by atoms with van der Waals surface area (Å²) in [5.74, 6) is 1.17. The highest BCUT2D eigenvalue weighted by Crippen LogP contribution is 2.32. The molecule has 0 saturated heterocycles. The molecule has 24 heavy (non-hydrogen) atoms. The van der Waals surface area contributed by atoms with Crippen molar-refractivity contribution in [3.05, 3.63) is 29.3 Å². The van der Waals surface area contributed by atoms with Gasteiger partial charge in [0, 0.05) is 24.5 Å². The van der Waals surface area contributed by atoms with Gasteiger partial charge in [-0.25, -0.2) is 4.98 Å². The number of benzene rings is 1. The normalized spacial score (nSPS) is 10.5. The van der Waals surface area contributed by atoms with Gasteiger partial charge in [-0.1, -0.05) is 0 Å². The van der Waals surface area contributed by atoms with Gasteiger partial charge in [-0.2, -0.15) is 0 Å². The zero-order valence-electron chi connectivity index (χ0n) is 14.3. The van der Waals surface area contributed by atoms with E-state index >= 15 is 0 Å². The van der Waals surface area contributed by atoms with E-state index in [1.54, 1.807) is 25.7 Å². The molecule has 1 heterocycles. The molecule has 0 radical (unpaired) electrons. The fourth-order valence-corrected chi connectivity index (χ4v) is 2.64. The highest BCUT2D eigenvalue weighted by Gasteiger charge is 2.12. The van der Waals surface area contributed by atoms with Crippen molar-refractivity contribution in [1.82, 2.24) is 15.2 Å². The number of amides is 1. The zero-order valence-corrected chi connectivity index (χ0v) is 15.1. The number of carbonyl (C=O) groups excluding carboxylic acids is 1. The highest BCUT2D eigenvalue weighted by molar-refractivity contribution is 7.14. The Hall–Kier alpha value is -2.32. The molecule has 0 bridgehead atoms. The molecule has 0 aliphatic heterocycles. The second-order valence-electron chi connectivity index (χ2n) is 5.29. The minimum Gasteiger partial charge on any atom is -0.497 e. The van der Waals surface area contributed by atoms with Crippen LogP contribution in [-0.4, -0.2) is 57.2 Å². The summed E-state index contributed by atoms with van der Waals surface area (Å²) in [4.78, 5) is 18.4. The third kappa shape index (κ3) is 4.84. The minimum absolute atomic E-state index is 0.178. The summed E-state index contributed by atoms with van der Waals surface area (Å²) in [7, 11) is 7.11. The Bertz CT molecular complexity index is 688. The van der Waals surface area contributed by atoms with Crippen LogP contribution in [-0.2, 0) is 0 Å². The summed E-state index contributed by atoms with van der Waals surface area (Å²) in [6.45, 7) is 1.36. The number of hydrogen-bond acceptors (Lipinski definition) is 7. The second kappa shape index (κ2) is 8.51. The molecule has 0 saturated carbocycles. The Morgan fingerprint density at radius 1 is 1.29 bits per heavy atom. The van der Waals surface area contributed by atoms with Crippen LogP contribution in [0.5, 0.6) is 11.5 Å². The maximum Gasteiger partial charge on any atom is 0.270 e. The van der Waals surface area contributed by atoms with Gasteiger partial charge in [0.15, 0.2) is 5.13 Å². The topological polar surface area (TPSA) is 75.7 Å². The average molecular weight is 350 g/mol. The summed E-state index contributed by atoms with van der Waals surface area (Å²) < 4.78 is 10.5. The number of ether oxygens (including phenoxy) is 2. The first-order valence-electron chi connectivity index (χ1n) is 7.41. The fraction of sp³-hybridized carbons (Fsp3) is 0.375. The van der Waals surface area contributed by atoms with E-state index < -0.39 is 0 Å². The third-order valence-corrected chi connectivity index (χ3v) is 3.99. The first kappa shape index (κ1) is 18.0. The van der Waals surface area contributed by atoms with Gasteiger partial charge in [-0.3, -0.25) is 4.79 Å². The van der Waals surface area contributed by atoms with E-state index in [-0.39, 0.29) is 5.91 Å². The van der Waals surface area contributed by atoms with E-state index in [1.165, 1.54) is 11.3 Å². The monoisotopic (exact) mass is 350 g/mol. The van der Waals surface area contributed by atoms with Crippen molar-refractivity contribution in [2.24, 2.45) is 0 Å². The summed E-state index contributed by atoms with van der Waals surface area (Å²) in [5.41, 5.74) is 1.15. The number of methoxy groups -OCH3 is 2. The molecule has 0 aliphatic rings. The number of anilines is 2. The van der Waals surface area contributed by atoms with Gasteiger partial charge in [0.05, 0.1) is 19.9 Å². The number of nitrogens with one attached hydrogen (secondary N) is 2. The van der Waals surface area contributed by atoms with E-state index in [2.05, 4.69) is 15.6 Å². The van der Waals surface area contributed by atoms with E-state index in [1.807, 2.05) is 31.1 Å². The molecule has 130 valence electrons. The highest BCUT2D eigenvalue weighted by atomic mass is 32.1. The van der Waals surface area contributed by atoms with Gasteiger partial charge in [0.2, 0.25) is 0 Å². The van der Waals surface area contributed by atoms with E-state index in [9.17, 15) is 4.79 Å². The van der Waals surface area contributed by atoms with Crippen molar-refractivity contribution in [2.75, 3.05) is 46.7 Å². The predicted molar refractivity (Wildman–Crippen MR) is 95.8 cm³/mol. The van der Waals surface area contributed by atoms with E-state index in [4.69, 9.17) is 9.47 Å². The van der Waals surface area contributed by atoms with Gasteiger partial charge in [-0.15, -0.1) is 11.3 Å². The lowest BCUT2D eigenvalue weighted by Crippen LogP contribution is -2.31. The molecular weight excluding hydrogens is 328 g/mol. The molecular formula is C16H22N4O3S. The van der Waals surface area contributed by atoms with Gasteiger partial charge in [0.1, 0.15) is 17.2 Å². The Morgan fingerprint density at radius 2 is 2.08 bits per heavy atom. The van der Waals surface area contributed by atoms with Crippen LogP contribution in [0.3, 0.4) is 0 Å². The molecule has 0 fully saturated rings. The summed E-state index contributed by atoms with van der Waals surface area (Å²) in [6.07, 6.45) is 0. The van der Waals surface area contributed by atoms with Crippen molar-refractivity contribution in [3.63, 3.8) is 0 Å². The molecule has 0 aliphatic carbocycles. The molecule has 0 spiro atoms. The smallest absolute Gasteiger partial charge is 0.270 e. The first-order chi connectivity index (χ1) is 11.5. The standard InChI is InChI=1S/C16H22N4O3S/c1-20(2)8-7-17-15(21)13-10-24-16(19-13)18-12-6-5-11(22-3)9-14(12)23-4/h5-6,9-10H,7-8H2,1-4H3,(H,17,21)(H,18,19). The number of thiazole rings is 1. The Balaban J connectivity index is 2.02. The fourth-order valence-electron chi connectivity index (χ4n) is 1.94. The maximum absolute atomic E-state index is 12.0. The molecule has 2 aromatic rings. The van der Waals surface area contributed by atoms with Crippen LogP contribution in [0.4, 0.5) is 10.8 Å². The molecule has 0 atom stereocenters. The minimum atomic E-state index is -0.178. The van der Waals surface area contributed by atoms with Gasteiger partial charge in [0.25, 0.3) is 5.91 Å². The molecule has 2 N–H and O–H groups in total. The van der Waals surface area contributed by atoms with E-state index in [0.29, 0.717) is 28.9 Å². The van der Waals surface area contributed by atoms with Gasteiger partial charge >= 0.3 is 0 Å².